The number of carbonyl (C=O) groups excluding carboxylic acids is 1. The number of benzene rings is 1. The predicted octanol–water partition coefficient (Wildman–Crippen LogP) is 1.00. The van der Waals surface area contributed by atoms with E-state index in [4.69, 9.17) is 0 Å². The van der Waals surface area contributed by atoms with E-state index in [2.05, 4.69) is 9.82 Å². The Morgan fingerprint density at radius 1 is 1.30 bits per heavy atom. The number of aromatic nitrogens is 2. The van der Waals surface area contributed by atoms with Gasteiger partial charge in [0.1, 0.15) is 0 Å². The summed E-state index contributed by atoms with van der Waals surface area (Å²) in [5.74, 6) is -0.204. The first-order valence-corrected chi connectivity index (χ1v) is 8.30. The van der Waals surface area contributed by atoms with Crippen LogP contribution in [0.4, 0.5) is 5.69 Å². The van der Waals surface area contributed by atoms with Crippen LogP contribution >= 0.6 is 0 Å². The highest BCUT2D eigenvalue weighted by Crippen LogP contribution is 2.13. The molecule has 1 aromatic heterocycles. The van der Waals surface area contributed by atoms with Gasteiger partial charge >= 0.3 is 0 Å². The molecule has 0 spiro atoms. The molecule has 0 radical (unpaired) electrons. The Morgan fingerprint density at radius 2 is 1.96 bits per heavy atom. The molecule has 0 atom stereocenters. The van der Waals surface area contributed by atoms with Crippen molar-refractivity contribution in [3.63, 3.8) is 0 Å². The number of nitrogens with one attached hydrogen (secondary N) is 1. The summed E-state index contributed by atoms with van der Waals surface area (Å²) in [7, 11) is 1.34. The first-order chi connectivity index (χ1) is 10.8. The summed E-state index contributed by atoms with van der Waals surface area (Å²) in [5, 5.41) is 4.02. The molecule has 0 saturated carbocycles. The van der Waals surface area contributed by atoms with Crippen LogP contribution in [0.5, 0.6) is 0 Å². The molecule has 0 aliphatic rings. The van der Waals surface area contributed by atoms with Crippen LogP contribution in [0.2, 0.25) is 0 Å². The summed E-state index contributed by atoms with van der Waals surface area (Å²) in [6.45, 7) is 0. The number of amides is 1. The van der Waals surface area contributed by atoms with Gasteiger partial charge < -0.3 is 4.90 Å². The fourth-order valence-electron chi connectivity index (χ4n) is 1.86. The summed E-state index contributed by atoms with van der Waals surface area (Å²) in [4.78, 5) is 13.7. The lowest BCUT2D eigenvalue weighted by atomic mass is 10.2. The largest absolute Gasteiger partial charge is 0.309 e. The third-order valence-electron chi connectivity index (χ3n) is 3.29. The zero-order valence-electron chi connectivity index (χ0n) is 13.1. The first-order valence-electron chi connectivity index (χ1n) is 6.81. The van der Waals surface area contributed by atoms with E-state index in [0.29, 0.717) is 5.69 Å². The van der Waals surface area contributed by atoms with Gasteiger partial charge in [-0.1, -0.05) is 12.1 Å². The van der Waals surface area contributed by atoms with Gasteiger partial charge in [-0.05, 0) is 30.8 Å². The molecule has 0 unspecified atom stereocenters. The summed E-state index contributed by atoms with van der Waals surface area (Å²) < 4.78 is 27.1. The lowest BCUT2D eigenvalue weighted by molar-refractivity contribution is -0.113. The minimum absolute atomic E-state index is 0.177. The van der Waals surface area contributed by atoms with Crippen molar-refractivity contribution in [1.82, 2.24) is 14.5 Å². The highest BCUT2D eigenvalue weighted by molar-refractivity contribution is 7.89. The number of carbonyl (C=O) groups is 1. The van der Waals surface area contributed by atoms with Crippen molar-refractivity contribution in [2.24, 2.45) is 7.05 Å². The maximum absolute atomic E-state index is 12.1. The van der Waals surface area contributed by atoms with Crippen molar-refractivity contribution in [2.45, 2.75) is 4.90 Å². The predicted molar refractivity (Wildman–Crippen MR) is 88.3 cm³/mol. The van der Waals surface area contributed by atoms with Crippen LogP contribution in [0.25, 0.3) is 6.08 Å². The summed E-state index contributed by atoms with van der Waals surface area (Å²) in [5.41, 5.74) is 1.42. The van der Waals surface area contributed by atoms with E-state index in [0.717, 1.165) is 5.56 Å². The van der Waals surface area contributed by atoms with Crippen molar-refractivity contribution >= 4 is 27.7 Å². The number of rotatable bonds is 5. The SMILES string of the molecule is CNS(=O)(=O)c1ccc(C=CC(=O)N(C)c2cnn(C)c2)cc1. The van der Waals surface area contributed by atoms with E-state index in [9.17, 15) is 13.2 Å². The van der Waals surface area contributed by atoms with E-state index in [1.807, 2.05) is 0 Å². The monoisotopic (exact) mass is 334 g/mol. The van der Waals surface area contributed by atoms with E-state index < -0.39 is 10.0 Å². The normalized spacial score (nSPS) is 11.8. The van der Waals surface area contributed by atoms with Gasteiger partial charge in [0, 0.05) is 26.4 Å². The van der Waals surface area contributed by atoms with E-state index in [1.54, 1.807) is 49.4 Å². The standard InChI is InChI=1S/C15H18N4O3S/c1-16-23(21,22)14-7-4-12(5-8-14)6-9-15(20)19(3)13-10-17-18(2)11-13/h4-11,16H,1-3H3. The van der Waals surface area contributed by atoms with Crippen LogP contribution in [0.1, 0.15) is 5.56 Å². The number of hydrogen-bond acceptors (Lipinski definition) is 4. The number of aryl methyl sites for hydroxylation is 1. The van der Waals surface area contributed by atoms with Gasteiger partial charge in [-0.2, -0.15) is 5.10 Å². The van der Waals surface area contributed by atoms with E-state index in [1.165, 1.54) is 30.2 Å². The third kappa shape index (κ3) is 4.05. The van der Waals surface area contributed by atoms with Gasteiger partial charge in [0.2, 0.25) is 10.0 Å². The van der Waals surface area contributed by atoms with Gasteiger partial charge in [0.25, 0.3) is 5.91 Å². The van der Waals surface area contributed by atoms with Gasteiger partial charge in [-0.15, -0.1) is 0 Å². The second-order valence-electron chi connectivity index (χ2n) is 4.88. The van der Waals surface area contributed by atoms with Gasteiger partial charge in [0.15, 0.2) is 0 Å². The molecule has 0 saturated heterocycles. The molecular weight excluding hydrogens is 316 g/mol. The topological polar surface area (TPSA) is 84.3 Å². The highest BCUT2D eigenvalue weighted by atomic mass is 32.2. The molecule has 0 fully saturated rings. The Hall–Kier alpha value is -2.45. The second kappa shape index (κ2) is 6.76. The van der Waals surface area contributed by atoms with Crippen LogP contribution in [-0.2, 0) is 21.9 Å². The van der Waals surface area contributed by atoms with Crippen LogP contribution in [0.3, 0.4) is 0 Å². The Bertz CT molecular complexity index is 823. The number of anilines is 1. The van der Waals surface area contributed by atoms with Crippen molar-refractivity contribution < 1.29 is 13.2 Å². The van der Waals surface area contributed by atoms with Gasteiger partial charge in [-0.3, -0.25) is 9.48 Å². The summed E-state index contributed by atoms with van der Waals surface area (Å²) in [6, 6.07) is 6.25. The smallest absolute Gasteiger partial charge is 0.250 e. The van der Waals surface area contributed by atoms with E-state index >= 15 is 0 Å². The molecule has 1 amide bonds. The van der Waals surface area contributed by atoms with Crippen LogP contribution in [0.15, 0.2) is 47.6 Å². The molecule has 2 rings (SSSR count). The minimum Gasteiger partial charge on any atom is -0.309 e. The van der Waals surface area contributed by atoms with Crippen molar-refractivity contribution in [1.29, 1.82) is 0 Å². The molecule has 122 valence electrons. The lowest BCUT2D eigenvalue weighted by Crippen LogP contribution is -2.23. The Morgan fingerprint density at radius 3 is 2.48 bits per heavy atom. The average molecular weight is 334 g/mol. The lowest BCUT2D eigenvalue weighted by Gasteiger charge is -2.11. The molecule has 23 heavy (non-hydrogen) atoms. The summed E-state index contributed by atoms with van der Waals surface area (Å²) in [6.07, 6.45) is 6.39. The second-order valence-corrected chi connectivity index (χ2v) is 6.77. The van der Waals surface area contributed by atoms with Crippen molar-refractivity contribution in [2.75, 3.05) is 19.0 Å². The zero-order chi connectivity index (χ0) is 17.0. The molecule has 0 aliphatic heterocycles. The van der Waals surface area contributed by atoms with Crippen LogP contribution in [-0.4, -0.2) is 38.2 Å². The third-order valence-corrected chi connectivity index (χ3v) is 4.72. The number of hydrogen-bond donors (Lipinski definition) is 1. The zero-order valence-corrected chi connectivity index (χ0v) is 13.9. The van der Waals surface area contributed by atoms with Gasteiger partial charge in [-0.25, -0.2) is 13.1 Å². The first kappa shape index (κ1) is 16.9. The molecule has 1 aromatic carbocycles. The molecule has 7 nitrogen and oxygen atoms in total. The Labute approximate surface area is 135 Å². The van der Waals surface area contributed by atoms with E-state index in [-0.39, 0.29) is 10.8 Å². The van der Waals surface area contributed by atoms with Crippen molar-refractivity contribution in [3.05, 3.63) is 48.3 Å². The fraction of sp³-hybridized carbons (Fsp3) is 0.200. The highest BCUT2D eigenvalue weighted by Gasteiger charge is 2.11. The fourth-order valence-corrected chi connectivity index (χ4v) is 2.59. The maximum Gasteiger partial charge on any atom is 0.250 e. The van der Waals surface area contributed by atoms with Crippen LogP contribution < -0.4 is 9.62 Å². The number of likely N-dealkylation sites (N-methyl/N-ethyl adjacent to an activating group) is 1. The molecule has 1 N–H and O–H groups in total. The molecule has 0 bridgehead atoms. The average Bonchev–Trinajstić information content (AvgIpc) is 2.98. The quantitative estimate of drug-likeness (QED) is 0.827. The van der Waals surface area contributed by atoms with Gasteiger partial charge in [0.05, 0.1) is 16.8 Å². The maximum atomic E-state index is 12.1. The summed E-state index contributed by atoms with van der Waals surface area (Å²) >= 11 is 0. The molecule has 0 aliphatic carbocycles. The number of nitrogens with zero attached hydrogens (tertiary/aromatic N) is 3. The molecule has 2 aromatic rings. The Kier molecular flexibility index (Phi) is 4.97. The molecule has 1 heterocycles. The number of sulfonamides is 1. The minimum atomic E-state index is -3.45. The molecular formula is C15H18N4O3S. The van der Waals surface area contributed by atoms with Crippen LogP contribution in [0, 0.1) is 0 Å². The molecule has 8 heteroatoms. The van der Waals surface area contributed by atoms with Crippen molar-refractivity contribution in [3.8, 4) is 0 Å². The Balaban J connectivity index is 2.09.